The molecule has 7 nitrogen and oxygen atoms in total. The van der Waals surface area contributed by atoms with Gasteiger partial charge in [0.2, 0.25) is 7.51 Å². The first-order valence-corrected chi connectivity index (χ1v) is 8.61. The topological polar surface area (TPSA) is 67.7 Å². The molecule has 0 fully saturated rings. The first kappa shape index (κ1) is 20.0. The summed E-state index contributed by atoms with van der Waals surface area (Å²) in [6.45, 7) is 6.08. The predicted octanol–water partition coefficient (Wildman–Crippen LogP) is 1.64. The maximum Gasteiger partial charge on any atom is 0.209 e. The van der Waals surface area contributed by atoms with Crippen molar-refractivity contribution in [3.05, 3.63) is 0 Å². The van der Waals surface area contributed by atoms with Crippen molar-refractivity contribution in [1.29, 1.82) is 0 Å². The highest BCUT2D eigenvalue weighted by Gasteiger charge is 2.13. The first-order valence-electron chi connectivity index (χ1n) is 6.59. The minimum Gasteiger partial charge on any atom is -0.382 e. The highest BCUT2D eigenvalue weighted by Crippen LogP contribution is 2.47. The Morgan fingerprint density at radius 2 is 1.10 bits per heavy atom. The molecule has 0 heterocycles. The van der Waals surface area contributed by atoms with Crippen molar-refractivity contribution in [3.63, 3.8) is 0 Å². The number of ether oxygens (including phenoxy) is 4. The molecule has 0 N–H and O–H groups in total. The highest BCUT2D eigenvalue weighted by atomic mass is 31.2. The second-order valence-corrected chi connectivity index (χ2v) is 6.40. The second kappa shape index (κ2) is 13.9. The van der Waals surface area contributed by atoms with Crippen LogP contribution in [-0.2, 0) is 28.0 Å². The molecular formula is C12H28NO6P. The summed E-state index contributed by atoms with van der Waals surface area (Å²) in [7, 11) is 2.82. The lowest BCUT2D eigenvalue weighted by molar-refractivity contribution is 0.0446. The van der Waals surface area contributed by atoms with Gasteiger partial charge in [0, 0.05) is 27.9 Å². The second-order valence-electron chi connectivity index (χ2n) is 3.88. The molecule has 0 saturated heterocycles. The molecule has 0 aliphatic carbocycles. The summed E-state index contributed by atoms with van der Waals surface area (Å²) in [5.41, 5.74) is 0. The van der Waals surface area contributed by atoms with Crippen LogP contribution in [0.5, 0.6) is 0 Å². The van der Waals surface area contributed by atoms with Gasteiger partial charge in [0.1, 0.15) is 0 Å². The van der Waals surface area contributed by atoms with Crippen molar-refractivity contribution in [2.24, 2.45) is 4.74 Å². The third-order valence-electron chi connectivity index (χ3n) is 2.34. The van der Waals surface area contributed by atoms with E-state index >= 15 is 0 Å². The third-order valence-corrected chi connectivity index (χ3v) is 4.39. The molecule has 0 amide bonds. The van der Waals surface area contributed by atoms with E-state index in [1.807, 2.05) is 6.66 Å². The summed E-state index contributed by atoms with van der Waals surface area (Å²) in [6, 6.07) is 0. The van der Waals surface area contributed by atoms with E-state index in [0.717, 1.165) is 0 Å². The molecule has 0 spiro atoms. The number of nitrogens with zero attached hydrogens (tertiary/aromatic N) is 1. The number of hydrogen-bond donors (Lipinski definition) is 0. The van der Waals surface area contributed by atoms with Gasteiger partial charge < -0.3 is 28.0 Å². The fourth-order valence-corrected chi connectivity index (χ4v) is 2.30. The Hall–Kier alpha value is -0.0100. The van der Waals surface area contributed by atoms with Crippen LogP contribution in [0.2, 0.25) is 0 Å². The van der Waals surface area contributed by atoms with Gasteiger partial charge in [-0.1, -0.05) is 0 Å². The summed E-state index contributed by atoms with van der Waals surface area (Å²) in [4.78, 5) is 0. The van der Waals surface area contributed by atoms with Crippen molar-refractivity contribution in [2.45, 2.75) is 0 Å². The largest absolute Gasteiger partial charge is 0.382 e. The van der Waals surface area contributed by atoms with Crippen LogP contribution in [0.3, 0.4) is 0 Å². The maximum atomic E-state index is 5.66. The van der Waals surface area contributed by atoms with Gasteiger partial charge in [0.05, 0.1) is 52.9 Å². The summed E-state index contributed by atoms with van der Waals surface area (Å²) in [6.07, 6.45) is 0. The van der Waals surface area contributed by atoms with Gasteiger partial charge >= 0.3 is 0 Å². The fourth-order valence-electron chi connectivity index (χ4n) is 1.17. The maximum absolute atomic E-state index is 5.66. The van der Waals surface area contributed by atoms with Crippen molar-refractivity contribution in [2.75, 3.05) is 80.8 Å². The standard InChI is InChI=1S/C12H28NO6P/c1-13-20(4,18-11-9-16-7-5-14-2)19-12-10-17-8-6-15-3/h5-12H2,1-4H3. The molecule has 0 aliphatic heterocycles. The van der Waals surface area contributed by atoms with Crippen LogP contribution >= 0.6 is 7.51 Å². The van der Waals surface area contributed by atoms with Crippen LogP contribution in [0.4, 0.5) is 0 Å². The molecule has 0 bridgehead atoms. The lowest BCUT2D eigenvalue weighted by Crippen LogP contribution is -2.10. The molecule has 0 atom stereocenters. The normalized spacial score (nSPS) is 11.8. The third kappa shape index (κ3) is 11.8. The van der Waals surface area contributed by atoms with E-state index < -0.39 is 7.51 Å². The van der Waals surface area contributed by atoms with Crippen molar-refractivity contribution in [1.82, 2.24) is 0 Å². The van der Waals surface area contributed by atoms with Crippen molar-refractivity contribution in [3.8, 4) is 0 Å². The van der Waals surface area contributed by atoms with Gasteiger partial charge in [0.15, 0.2) is 0 Å². The van der Waals surface area contributed by atoms with Crippen LogP contribution < -0.4 is 0 Å². The van der Waals surface area contributed by atoms with Crippen LogP contribution in [-0.4, -0.2) is 80.8 Å². The summed E-state index contributed by atoms with van der Waals surface area (Å²) >= 11 is 0. The lowest BCUT2D eigenvalue weighted by Gasteiger charge is -2.19. The zero-order valence-electron chi connectivity index (χ0n) is 13.0. The van der Waals surface area contributed by atoms with Crippen LogP contribution in [0.15, 0.2) is 4.74 Å². The average Bonchev–Trinajstić information content (AvgIpc) is 2.46. The first-order chi connectivity index (χ1) is 9.68. The van der Waals surface area contributed by atoms with Gasteiger partial charge in [-0.15, -0.1) is 0 Å². The van der Waals surface area contributed by atoms with Gasteiger partial charge in [-0.2, -0.15) is 0 Å². The van der Waals surface area contributed by atoms with Gasteiger partial charge in [-0.3, -0.25) is 4.74 Å². The molecule has 0 aromatic heterocycles. The van der Waals surface area contributed by atoms with E-state index in [4.69, 9.17) is 28.0 Å². The van der Waals surface area contributed by atoms with E-state index in [2.05, 4.69) is 4.74 Å². The zero-order valence-corrected chi connectivity index (χ0v) is 13.9. The highest BCUT2D eigenvalue weighted by molar-refractivity contribution is 7.55. The van der Waals surface area contributed by atoms with E-state index in [0.29, 0.717) is 52.9 Å². The molecule has 0 aromatic carbocycles. The average molecular weight is 313 g/mol. The molecule has 0 rings (SSSR count). The molecule has 20 heavy (non-hydrogen) atoms. The molecule has 0 aromatic rings. The molecular weight excluding hydrogens is 285 g/mol. The summed E-state index contributed by atoms with van der Waals surface area (Å²) < 4.78 is 35.9. The monoisotopic (exact) mass is 313 g/mol. The number of hydrogen-bond acceptors (Lipinski definition) is 7. The Balaban J connectivity index is 3.64. The SMILES string of the molecule is CN=P(C)(OCCOCCOC)OCCOCCOC. The van der Waals surface area contributed by atoms with E-state index in [9.17, 15) is 0 Å². The lowest BCUT2D eigenvalue weighted by atomic mass is 10.7. The summed E-state index contributed by atoms with van der Waals surface area (Å²) in [5, 5.41) is 0. The van der Waals surface area contributed by atoms with Crippen molar-refractivity contribution >= 4 is 7.51 Å². The van der Waals surface area contributed by atoms with Gasteiger partial charge in [0.25, 0.3) is 0 Å². The molecule has 0 radical (unpaired) electrons. The zero-order chi connectivity index (χ0) is 15.1. The minimum atomic E-state index is -2.16. The van der Waals surface area contributed by atoms with Crippen LogP contribution in [0.1, 0.15) is 0 Å². The quantitative estimate of drug-likeness (QED) is 0.359. The predicted molar refractivity (Wildman–Crippen MR) is 78.5 cm³/mol. The van der Waals surface area contributed by atoms with Crippen LogP contribution in [0.25, 0.3) is 0 Å². The van der Waals surface area contributed by atoms with Gasteiger partial charge in [-0.05, 0) is 0 Å². The van der Waals surface area contributed by atoms with E-state index in [1.54, 1.807) is 21.3 Å². The molecule has 8 heteroatoms. The molecule has 0 unspecified atom stereocenters. The smallest absolute Gasteiger partial charge is 0.209 e. The minimum absolute atomic E-state index is 0.454. The van der Waals surface area contributed by atoms with E-state index in [-0.39, 0.29) is 0 Å². The Morgan fingerprint density at radius 3 is 1.45 bits per heavy atom. The Bertz CT molecular complexity index is 244. The molecule has 0 aliphatic rings. The summed E-state index contributed by atoms with van der Waals surface area (Å²) in [5.74, 6) is 0. The number of rotatable bonds is 14. The van der Waals surface area contributed by atoms with E-state index in [1.165, 1.54) is 0 Å². The molecule has 0 saturated carbocycles. The van der Waals surface area contributed by atoms with Gasteiger partial charge in [-0.25, -0.2) is 0 Å². The Kier molecular flexibility index (Phi) is 13.9. The Labute approximate surface area is 122 Å². The van der Waals surface area contributed by atoms with Crippen molar-refractivity contribution < 1.29 is 28.0 Å². The van der Waals surface area contributed by atoms with Crippen LogP contribution in [0, 0.1) is 0 Å². The number of methoxy groups -OCH3 is 2. The fraction of sp³-hybridized carbons (Fsp3) is 1.00. The Morgan fingerprint density at radius 1 is 0.700 bits per heavy atom. The molecule has 122 valence electrons.